The minimum absolute atomic E-state index is 0.993. The first-order valence-electron chi connectivity index (χ1n) is 7.56. The normalized spacial score (nSPS) is 11.4. The molecule has 0 atom stereocenters. The van der Waals surface area contributed by atoms with Crippen molar-refractivity contribution in [1.82, 2.24) is 9.80 Å². The van der Waals surface area contributed by atoms with Gasteiger partial charge in [0.25, 0.3) is 0 Å². The number of aryl methyl sites for hydroxylation is 2. The molecule has 1 aromatic rings. The van der Waals surface area contributed by atoms with Gasteiger partial charge < -0.3 is 14.5 Å². The van der Waals surface area contributed by atoms with Crippen LogP contribution in [0.15, 0.2) is 12.1 Å². The van der Waals surface area contributed by atoms with E-state index in [0.29, 0.717) is 0 Å². The summed E-state index contributed by atoms with van der Waals surface area (Å²) in [5, 5.41) is 0. The second kappa shape index (κ2) is 8.28. The van der Waals surface area contributed by atoms with E-state index in [0.717, 1.165) is 38.5 Å². The molecule has 1 aromatic carbocycles. The number of hydrogen-bond donors (Lipinski definition) is 0. The first kappa shape index (κ1) is 17.0. The van der Waals surface area contributed by atoms with E-state index in [4.69, 9.17) is 4.74 Å². The number of hydrogen-bond acceptors (Lipinski definition) is 3. The van der Waals surface area contributed by atoms with E-state index in [1.807, 2.05) is 0 Å². The minimum Gasteiger partial charge on any atom is -0.496 e. The first-order chi connectivity index (χ1) is 9.51. The van der Waals surface area contributed by atoms with Crippen molar-refractivity contribution in [3.63, 3.8) is 0 Å². The summed E-state index contributed by atoms with van der Waals surface area (Å²) in [7, 11) is 3.93. The highest BCUT2D eigenvalue weighted by Crippen LogP contribution is 2.24. The molecule has 0 aliphatic rings. The zero-order valence-electron chi connectivity index (χ0n) is 14.0. The Hall–Kier alpha value is -1.06. The maximum atomic E-state index is 5.42. The van der Waals surface area contributed by atoms with E-state index >= 15 is 0 Å². The third kappa shape index (κ3) is 4.80. The topological polar surface area (TPSA) is 15.7 Å². The quantitative estimate of drug-likeness (QED) is 0.727. The lowest BCUT2D eigenvalue weighted by molar-refractivity contribution is 0.236. The maximum absolute atomic E-state index is 5.42. The lowest BCUT2D eigenvalue weighted by Gasteiger charge is -2.23. The highest BCUT2D eigenvalue weighted by molar-refractivity contribution is 5.43. The molecule has 0 radical (unpaired) electrons. The molecule has 0 spiro atoms. The lowest BCUT2D eigenvalue weighted by Crippen LogP contribution is -2.32. The molecule has 0 aromatic heterocycles. The number of methoxy groups -OCH3 is 1. The SMILES string of the molecule is CCN(CC)CCN(C)Cc1cc(C)c(OC)c(C)c1. The van der Waals surface area contributed by atoms with E-state index < -0.39 is 0 Å². The number of rotatable bonds is 8. The Morgan fingerprint density at radius 3 is 2.00 bits per heavy atom. The molecule has 114 valence electrons. The van der Waals surface area contributed by atoms with Crippen LogP contribution in [0, 0.1) is 13.8 Å². The van der Waals surface area contributed by atoms with Gasteiger partial charge in [-0.25, -0.2) is 0 Å². The van der Waals surface area contributed by atoms with Crippen LogP contribution in [0.3, 0.4) is 0 Å². The van der Waals surface area contributed by atoms with Crippen LogP contribution in [-0.2, 0) is 6.54 Å². The molecule has 0 bridgehead atoms. The molecule has 0 fully saturated rings. The van der Waals surface area contributed by atoms with Gasteiger partial charge in [0.15, 0.2) is 0 Å². The second-order valence-corrected chi connectivity index (χ2v) is 5.53. The van der Waals surface area contributed by atoms with E-state index in [2.05, 4.69) is 56.7 Å². The molecule has 0 aliphatic carbocycles. The molecule has 0 heterocycles. The Bertz CT molecular complexity index is 390. The maximum Gasteiger partial charge on any atom is 0.124 e. The molecule has 0 unspecified atom stereocenters. The van der Waals surface area contributed by atoms with Gasteiger partial charge in [0.1, 0.15) is 5.75 Å². The van der Waals surface area contributed by atoms with Gasteiger partial charge in [0.2, 0.25) is 0 Å². The summed E-state index contributed by atoms with van der Waals surface area (Å²) in [4.78, 5) is 4.85. The molecule has 0 amide bonds. The summed E-state index contributed by atoms with van der Waals surface area (Å²) in [6.45, 7) is 14.2. The highest BCUT2D eigenvalue weighted by Gasteiger charge is 2.08. The summed E-state index contributed by atoms with van der Waals surface area (Å²) >= 11 is 0. The van der Waals surface area contributed by atoms with Gasteiger partial charge in [-0.2, -0.15) is 0 Å². The Labute approximate surface area is 124 Å². The fourth-order valence-electron chi connectivity index (χ4n) is 2.70. The zero-order chi connectivity index (χ0) is 15.1. The van der Waals surface area contributed by atoms with Gasteiger partial charge in [-0.05, 0) is 50.7 Å². The summed E-state index contributed by atoms with van der Waals surface area (Å²) in [6, 6.07) is 4.47. The number of benzene rings is 1. The van der Waals surface area contributed by atoms with E-state index in [1.165, 1.54) is 16.7 Å². The van der Waals surface area contributed by atoms with Gasteiger partial charge in [0.05, 0.1) is 7.11 Å². The largest absolute Gasteiger partial charge is 0.496 e. The Balaban J connectivity index is 2.60. The van der Waals surface area contributed by atoms with Gasteiger partial charge in [-0.15, -0.1) is 0 Å². The molecule has 0 saturated carbocycles. The van der Waals surface area contributed by atoms with Gasteiger partial charge in [-0.1, -0.05) is 26.0 Å². The van der Waals surface area contributed by atoms with Crippen molar-refractivity contribution in [2.24, 2.45) is 0 Å². The lowest BCUT2D eigenvalue weighted by atomic mass is 10.1. The van der Waals surface area contributed by atoms with Gasteiger partial charge in [-0.3, -0.25) is 0 Å². The second-order valence-electron chi connectivity index (χ2n) is 5.53. The molecule has 0 saturated heterocycles. The average molecular weight is 278 g/mol. The molecule has 3 heteroatoms. The predicted octanol–water partition coefficient (Wildman–Crippen LogP) is 3.09. The van der Waals surface area contributed by atoms with E-state index in [9.17, 15) is 0 Å². The Kier molecular flexibility index (Phi) is 7.03. The van der Waals surface area contributed by atoms with Crippen molar-refractivity contribution in [3.05, 3.63) is 28.8 Å². The molecule has 0 N–H and O–H groups in total. The van der Waals surface area contributed by atoms with Crippen molar-refractivity contribution >= 4 is 0 Å². The van der Waals surface area contributed by atoms with Crippen molar-refractivity contribution in [1.29, 1.82) is 0 Å². The smallest absolute Gasteiger partial charge is 0.124 e. The van der Waals surface area contributed by atoms with Crippen molar-refractivity contribution < 1.29 is 4.74 Å². The van der Waals surface area contributed by atoms with Gasteiger partial charge in [0, 0.05) is 19.6 Å². The Morgan fingerprint density at radius 1 is 1.00 bits per heavy atom. The fraction of sp³-hybridized carbons (Fsp3) is 0.647. The van der Waals surface area contributed by atoms with Crippen LogP contribution < -0.4 is 4.74 Å². The molecule has 20 heavy (non-hydrogen) atoms. The van der Waals surface area contributed by atoms with Crippen molar-refractivity contribution in [2.45, 2.75) is 34.2 Å². The molecule has 1 rings (SSSR count). The van der Waals surface area contributed by atoms with Crippen LogP contribution in [-0.4, -0.2) is 50.1 Å². The predicted molar refractivity (Wildman–Crippen MR) is 86.6 cm³/mol. The highest BCUT2D eigenvalue weighted by atomic mass is 16.5. The minimum atomic E-state index is 0.993. The van der Waals surface area contributed by atoms with Gasteiger partial charge >= 0.3 is 0 Å². The molecular weight excluding hydrogens is 248 g/mol. The standard InChI is InChI=1S/C17H30N2O/c1-7-19(8-2)10-9-18(5)13-16-11-14(3)17(20-6)15(4)12-16/h11-12H,7-10,13H2,1-6H3. The summed E-state index contributed by atoms with van der Waals surface area (Å²) < 4.78 is 5.42. The van der Waals surface area contributed by atoms with Crippen LogP contribution in [0.4, 0.5) is 0 Å². The number of ether oxygens (including phenoxy) is 1. The van der Waals surface area contributed by atoms with Crippen molar-refractivity contribution in [3.8, 4) is 5.75 Å². The molecule has 3 nitrogen and oxygen atoms in total. The summed E-state index contributed by atoms with van der Waals surface area (Å²) in [6.07, 6.45) is 0. The third-order valence-electron chi connectivity index (χ3n) is 3.87. The Morgan fingerprint density at radius 2 is 1.55 bits per heavy atom. The monoisotopic (exact) mass is 278 g/mol. The molecular formula is C17H30N2O. The number of likely N-dealkylation sites (N-methyl/N-ethyl adjacent to an activating group) is 2. The molecule has 0 aliphatic heterocycles. The number of nitrogens with zero attached hydrogens (tertiary/aromatic N) is 2. The third-order valence-corrected chi connectivity index (χ3v) is 3.87. The van der Waals surface area contributed by atoms with E-state index in [-0.39, 0.29) is 0 Å². The summed E-state index contributed by atoms with van der Waals surface area (Å²) in [5.41, 5.74) is 3.81. The first-order valence-corrected chi connectivity index (χ1v) is 7.56. The fourth-order valence-corrected chi connectivity index (χ4v) is 2.70. The van der Waals surface area contributed by atoms with Crippen LogP contribution in [0.25, 0.3) is 0 Å². The van der Waals surface area contributed by atoms with Crippen LogP contribution >= 0.6 is 0 Å². The van der Waals surface area contributed by atoms with Crippen LogP contribution in [0.2, 0.25) is 0 Å². The zero-order valence-corrected chi connectivity index (χ0v) is 14.0. The van der Waals surface area contributed by atoms with E-state index in [1.54, 1.807) is 7.11 Å². The summed E-state index contributed by atoms with van der Waals surface area (Å²) in [5.74, 6) is 1.01. The van der Waals surface area contributed by atoms with Crippen LogP contribution in [0.1, 0.15) is 30.5 Å². The average Bonchev–Trinajstić information content (AvgIpc) is 2.39. The van der Waals surface area contributed by atoms with Crippen molar-refractivity contribution in [2.75, 3.05) is 40.3 Å². The van der Waals surface area contributed by atoms with Crippen LogP contribution in [0.5, 0.6) is 5.75 Å².